The molecule has 0 heterocycles. The number of anilines is 2. The van der Waals surface area contributed by atoms with Crippen molar-refractivity contribution in [2.75, 3.05) is 11.5 Å². The van der Waals surface area contributed by atoms with Crippen LogP contribution in [0.3, 0.4) is 0 Å². The summed E-state index contributed by atoms with van der Waals surface area (Å²) >= 11 is 0. The summed E-state index contributed by atoms with van der Waals surface area (Å²) in [5.41, 5.74) is 10.3. The van der Waals surface area contributed by atoms with E-state index in [2.05, 4.69) is 0 Å². The molecule has 0 aromatic heterocycles. The Hall–Kier alpha value is -2.17. The molecule has 5 heteroatoms. The lowest BCUT2D eigenvalue weighted by atomic mass is 10.2. The summed E-state index contributed by atoms with van der Waals surface area (Å²) in [4.78, 5) is 22.7. The van der Waals surface area contributed by atoms with Crippen LogP contribution >= 0.6 is 0 Å². The summed E-state index contributed by atoms with van der Waals surface area (Å²) in [6, 6.07) is 2.68. The maximum atomic E-state index is 11.3. The van der Waals surface area contributed by atoms with Gasteiger partial charge in [-0.3, -0.25) is 15.0 Å². The number of hydrogen-bond donors (Lipinski definition) is 3. The summed E-state index contributed by atoms with van der Waals surface area (Å²) in [6.07, 6.45) is 0. The number of rotatable bonds is 0. The highest BCUT2D eigenvalue weighted by Gasteiger charge is 2.11. The van der Waals surface area contributed by atoms with E-state index < -0.39 is 16.2 Å². The molecule has 0 bridgehead atoms. The number of fused-ring (bicyclic) bond motifs is 1. The fourth-order valence-corrected chi connectivity index (χ4v) is 1.38. The fourth-order valence-electron chi connectivity index (χ4n) is 1.38. The molecule has 0 fully saturated rings. The molecule has 0 spiro atoms. The van der Waals surface area contributed by atoms with Gasteiger partial charge in [0.25, 0.3) is 0 Å². The van der Waals surface area contributed by atoms with Crippen LogP contribution in [-0.2, 0) is 0 Å². The molecule has 0 atom stereocenters. The molecule has 0 aliphatic heterocycles. The minimum Gasteiger partial charge on any atom is -0.397 e. The zero-order chi connectivity index (χ0) is 10.5. The Bertz CT molecular complexity index is 610. The first-order valence-corrected chi connectivity index (χ1v) is 3.89. The number of nitrogens with one attached hydrogen (secondary N) is 1. The second kappa shape index (κ2) is 2.41. The van der Waals surface area contributed by atoms with Gasteiger partial charge in [-0.15, -0.1) is 0 Å². The van der Waals surface area contributed by atoms with Gasteiger partial charge in [0.2, 0.25) is 10.9 Å². The van der Waals surface area contributed by atoms with Gasteiger partial charge in [-0.05, 0) is 12.1 Å². The lowest BCUT2D eigenvalue weighted by Crippen LogP contribution is -2.29. The normalized spacial score (nSPS) is 10.9. The molecule has 0 saturated heterocycles. The zero-order valence-electron chi connectivity index (χ0n) is 7.13. The predicted octanol–water partition coefficient (Wildman–Crippen LogP) is -0.920. The van der Waals surface area contributed by atoms with Crippen LogP contribution in [0, 0.1) is 5.41 Å². The molecule has 0 radical (unpaired) electrons. The first kappa shape index (κ1) is 8.43. The second-order valence-corrected chi connectivity index (χ2v) is 3.06. The van der Waals surface area contributed by atoms with Gasteiger partial charge >= 0.3 is 0 Å². The Morgan fingerprint density at radius 2 is 1.29 bits per heavy atom. The third-order valence-electron chi connectivity index (χ3n) is 2.17. The molecule has 70 valence electrons. The highest BCUT2D eigenvalue weighted by molar-refractivity contribution is 5.91. The molecule has 2 aromatic rings. The monoisotopic (exact) mass is 189 g/mol. The van der Waals surface area contributed by atoms with Crippen LogP contribution in [0.4, 0.5) is 11.4 Å². The molecule has 14 heavy (non-hydrogen) atoms. The average Bonchev–Trinajstić information content (AvgIpc) is 2.34. The van der Waals surface area contributed by atoms with E-state index in [0.717, 1.165) is 0 Å². The first-order valence-electron chi connectivity index (χ1n) is 3.89. The highest BCUT2D eigenvalue weighted by Crippen LogP contribution is 2.18. The third-order valence-corrected chi connectivity index (χ3v) is 2.17. The summed E-state index contributed by atoms with van der Waals surface area (Å²) in [5.74, 6) is 0. The molecule has 0 aliphatic rings. The van der Waals surface area contributed by atoms with Gasteiger partial charge in [-0.2, -0.15) is 0 Å². The number of nitrogens with two attached hydrogens (primary N) is 2. The van der Waals surface area contributed by atoms with Crippen LogP contribution in [0.1, 0.15) is 0 Å². The fraction of sp³-hybridized carbons (Fsp3) is 0. The molecular weight excluding hydrogens is 182 g/mol. The van der Waals surface area contributed by atoms with Crippen LogP contribution in [0.2, 0.25) is 0 Å². The first-order chi connectivity index (χ1) is 6.52. The van der Waals surface area contributed by atoms with Gasteiger partial charge in [0.1, 0.15) is 0 Å². The Labute approximate surface area is 77.8 Å². The van der Waals surface area contributed by atoms with Gasteiger partial charge in [0.05, 0.1) is 11.4 Å². The van der Waals surface area contributed by atoms with Crippen LogP contribution in [0.25, 0.3) is 10.8 Å². The van der Waals surface area contributed by atoms with Crippen molar-refractivity contribution in [3.63, 3.8) is 0 Å². The van der Waals surface area contributed by atoms with E-state index >= 15 is 0 Å². The average molecular weight is 189 g/mol. The van der Waals surface area contributed by atoms with E-state index in [1.165, 1.54) is 12.1 Å². The van der Waals surface area contributed by atoms with Gasteiger partial charge in [-0.1, -0.05) is 0 Å². The zero-order valence-corrected chi connectivity index (χ0v) is 7.13. The van der Waals surface area contributed by atoms with E-state index in [1.807, 2.05) is 0 Å². The molecule has 0 saturated carbocycles. The summed E-state index contributed by atoms with van der Waals surface area (Å²) in [6.45, 7) is 0. The van der Waals surface area contributed by atoms with Crippen molar-refractivity contribution >= 4 is 22.1 Å². The van der Waals surface area contributed by atoms with Crippen molar-refractivity contribution in [2.45, 2.75) is 0 Å². The quantitative estimate of drug-likeness (QED) is 0.465. The summed E-state index contributed by atoms with van der Waals surface area (Å²) in [7, 11) is 0. The van der Waals surface area contributed by atoms with Crippen molar-refractivity contribution in [2.24, 2.45) is 0 Å². The number of nitrogen functional groups attached to an aromatic ring is 2. The van der Waals surface area contributed by atoms with Gasteiger partial charge in [0.15, 0.2) is 5.36 Å². The number of benzene rings is 1. The number of hydrogen-bond acceptors (Lipinski definition) is 5. The Morgan fingerprint density at radius 1 is 0.929 bits per heavy atom. The van der Waals surface area contributed by atoms with Crippen molar-refractivity contribution < 1.29 is 0 Å². The molecule has 2 rings (SSSR count). The van der Waals surface area contributed by atoms with Gasteiger partial charge in [-0.25, -0.2) is 0 Å². The maximum Gasteiger partial charge on any atom is 0.215 e. The second-order valence-electron chi connectivity index (χ2n) is 3.06. The van der Waals surface area contributed by atoms with E-state index in [0.29, 0.717) is 0 Å². The van der Waals surface area contributed by atoms with Crippen molar-refractivity contribution in [1.82, 2.24) is 0 Å². The van der Waals surface area contributed by atoms with E-state index in [9.17, 15) is 9.59 Å². The van der Waals surface area contributed by atoms with Crippen LogP contribution < -0.4 is 27.7 Å². The van der Waals surface area contributed by atoms with E-state index in [4.69, 9.17) is 16.9 Å². The van der Waals surface area contributed by atoms with Crippen molar-refractivity contribution in [1.29, 1.82) is 5.41 Å². The Kier molecular flexibility index (Phi) is 1.45. The van der Waals surface area contributed by atoms with E-state index in [-0.39, 0.29) is 22.1 Å². The summed E-state index contributed by atoms with van der Waals surface area (Å²) in [5, 5.41) is 7.03. The van der Waals surface area contributed by atoms with Crippen LogP contribution in [0.15, 0.2) is 21.7 Å². The minimum atomic E-state index is -0.586. The van der Waals surface area contributed by atoms with Gasteiger partial charge < -0.3 is 11.5 Å². The van der Waals surface area contributed by atoms with Crippen molar-refractivity contribution in [3.8, 4) is 0 Å². The molecule has 0 amide bonds. The maximum absolute atomic E-state index is 11.3. The topological polar surface area (TPSA) is 110 Å². The molecule has 5 N–H and O–H groups in total. The predicted molar refractivity (Wildman–Crippen MR) is 53.5 cm³/mol. The molecule has 2 aromatic carbocycles. The SMILES string of the molecule is N=c1c(=O)c2cc(N)c(N)cc2c1=O. The van der Waals surface area contributed by atoms with Crippen LogP contribution in [0.5, 0.6) is 0 Å². The lowest BCUT2D eigenvalue weighted by molar-refractivity contribution is 1.24. The smallest absolute Gasteiger partial charge is 0.215 e. The molecular formula is C9H7N3O2. The molecule has 0 unspecified atom stereocenters. The van der Waals surface area contributed by atoms with Crippen molar-refractivity contribution in [3.05, 3.63) is 37.9 Å². The standard InChI is InChI=1S/C9H7N3O2/c10-5-1-3-4(2-6(5)11)9(14)7(12)8(3)13/h1-2,12H,10-11H2. The van der Waals surface area contributed by atoms with E-state index in [1.54, 1.807) is 0 Å². The lowest BCUT2D eigenvalue weighted by Gasteiger charge is -1.97. The minimum absolute atomic E-state index is 0.173. The third kappa shape index (κ3) is 0.861. The Morgan fingerprint density at radius 3 is 1.64 bits per heavy atom. The van der Waals surface area contributed by atoms with Crippen LogP contribution in [-0.4, -0.2) is 0 Å². The summed E-state index contributed by atoms with van der Waals surface area (Å²) < 4.78 is 0. The van der Waals surface area contributed by atoms with Gasteiger partial charge in [0, 0.05) is 10.8 Å². The Balaban J connectivity index is 3.20. The largest absolute Gasteiger partial charge is 0.397 e. The highest BCUT2D eigenvalue weighted by atomic mass is 16.1. The molecule has 5 nitrogen and oxygen atoms in total. The molecule has 0 aliphatic carbocycles.